The van der Waals surface area contributed by atoms with E-state index in [-0.39, 0.29) is 5.91 Å². The number of hydrogen-bond donors (Lipinski definition) is 1. The van der Waals surface area contributed by atoms with Crippen LogP contribution in [0.5, 0.6) is 0 Å². The molecule has 1 N–H and O–H groups in total. The molecule has 4 nitrogen and oxygen atoms in total. The second kappa shape index (κ2) is 4.35. The molecule has 0 saturated carbocycles. The van der Waals surface area contributed by atoms with Crippen LogP contribution in [0.4, 0.5) is 0 Å². The fourth-order valence-electron chi connectivity index (χ4n) is 2.53. The third-order valence-corrected chi connectivity index (χ3v) is 4.12. The van der Waals surface area contributed by atoms with Gasteiger partial charge in [0, 0.05) is 30.2 Å². The van der Waals surface area contributed by atoms with E-state index in [9.17, 15) is 4.79 Å². The molecule has 0 fully saturated rings. The predicted octanol–water partition coefficient (Wildman–Crippen LogP) is 2.36. The fourth-order valence-corrected chi connectivity index (χ4v) is 2.81. The summed E-state index contributed by atoms with van der Waals surface area (Å²) in [6, 6.07) is 7.88. The molecule has 98 valence electrons. The highest BCUT2D eigenvalue weighted by Crippen LogP contribution is 2.27. The molecule has 0 bridgehead atoms. The van der Waals surface area contributed by atoms with E-state index >= 15 is 0 Å². The van der Waals surface area contributed by atoms with Gasteiger partial charge < -0.3 is 9.88 Å². The fraction of sp³-hybridized carbons (Fsp3) is 0.286. The molecule has 19 heavy (non-hydrogen) atoms. The Hall–Kier alpha value is -1.88. The zero-order valence-corrected chi connectivity index (χ0v) is 11.8. The number of fused-ring (bicyclic) bond motifs is 3. The molecular weight excluding hydrogens is 258 g/mol. The van der Waals surface area contributed by atoms with Crippen LogP contribution in [0, 0.1) is 0 Å². The molecular formula is C14H15N3OS. The molecule has 2 heterocycles. The van der Waals surface area contributed by atoms with Gasteiger partial charge in [0.15, 0.2) is 5.11 Å². The third kappa shape index (κ3) is 1.73. The van der Waals surface area contributed by atoms with E-state index in [1.165, 1.54) is 0 Å². The first kappa shape index (κ1) is 12.2. The van der Waals surface area contributed by atoms with Crippen molar-refractivity contribution in [1.82, 2.24) is 14.8 Å². The van der Waals surface area contributed by atoms with Crippen LogP contribution < -0.4 is 0 Å². The molecule has 1 aromatic carbocycles. The lowest BCUT2D eigenvalue weighted by molar-refractivity contribution is 0.0868. The normalized spacial score (nSPS) is 15.9. The quantitative estimate of drug-likeness (QED) is 0.811. The van der Waals surface area contributed by atoms with Crippen molar-refractivity contribution in [2.45, 2.75) is 13.5 Å². The predicted molar refractivity (Wildman–Crippen MR) is 79.1 cm³/mol. The van der Waals surface area contributed by atoms with Gasteiger partial charge in [-0.25, -0.2) is 0 Å². The maximum atomic E-state index is 12.6. The number of nitrogens with one attached hydrogen (secondary N) is 1. The summed E-state index contributed by atoms with van der Waals surface area (Å²) in [6.07, 6.45) is 0. The van der Waals surface area contributed by atoms with E-state index in [0.717, 1.165) is 28.7 Å². The van der Waals surface area contributed by atoms with E-state index < -0.39 is 0 Å². The van der Waals surface area contributed by atoms with Gasteiger partial charge in [0.1, 0.15) is 0 Å². The van der Waals surface area contributed by atoms with Crippen molar-refractivity contribution >= 4 is 34.1 Å². The number of H-pyrrole nitrogens is 1. The second-order valence-corrected chi connectivity index (χ2v) is 5.05. The highest BCUT2D eigenvalue weighted by molar-refractivity contribution is 7.80. The van der Waals surface area contributed by atoms with Crippen LogP contribution in [-0.2, 0) is 6.54 Å². The van der Waals surface area contributed by atoms with Crippen LogP contribution in [-0.4, -0.2) is 39.4 Å². The monoisotopic (exact) mass is 273 g/mol. The number of carbonyl (C=O) groups is 1. The van der Waals surface area contributed by atoms with Crippen molar-refractivity contribution in [3.8, 4) is 0 Å². The van der Waals surface area contributed by atoms with Gasteiger partial charge in [-0.05, 0) is 25.2 Å². The van der Waals surface area contributed by atoms with Crippen molar-refractivity contribution in [2.75, 3.05) is 13.6 Å². The molecule has 1 aromatic heterocycles. The SMILES string of the molecule is CCN1Cc2[nH]c3ccccc3c2C(=O)N(C)C1=S. The average Bonchev–Trinajstić information content (AvgIpc) is 2.76. The number of carbonyl (C=O) groups excluding carboxylic acids is 1. The van der Waals surface area contributed by atoms with Crippen molar-refractivity contribution in [1.29, 1.82) is 0 Å². The molecule has 0 spiro atoms. The van der Waals surface area contributed by atoms with Crippen molar-refractivity contribution in [3.63, 3.8) is 0 Å². The Kier molecular flexibility index (Phi) is 2.78. The first-order valence-corrected chi connectivity index (χ1v) is 6.70. The van der Waals surface area contributed by atoms with Gasteiger partial charge in [-0.1, -0.05) is 18.2 Å². The van der Waals surface area contributed by atoms with Crippen LogP contribution in [0.1, 0.15) is 23.0 Å². The van der Waals surface area contributed by atoms with Crippen LogP contribution in [0.3, 0.4) is 0 Å². The standard InChI is InChI=1S/C14H15N3OS/c1-3-17-8-11-12(13(18)16(2)14(17)19)9-6-4-5-7-10(9)15-11/h4-7,15H,3,8H2,1-2H3. The topological polar surface area (TPSA) is 39.3 Å². The van der Waals surface area contributed by atoms with Crippen molar-refractivity contribution in [3.05, 3.63) is 35.5 Å². The van der Waals surface area contributed by atoms with E-state index in [1.807, 2.05) is 36.1 Å². The van der Waals surface area contributed by atoms with Crippen LogP contribution in [0.2, 0.25) is 0 Å². The average molecular weight is 273 g/mol. The van der Waals surface area contributed by atoms with E-state index in [4.69, 9.17) is 12.2 Å². The summed E-state index contributed by atoms with van der Waals surface area (Å²) in [5.41, 5.74) is 2.69. The minimum atomic E-state index is -0.0339. The summed E-state index contributed by atoms with van der Waals surface area (Å²) in [5, 5.41) is 1.55. The minimum Gasteiger partial charge on any atom is -0.356 e. The molecule has 1 aliphatic heterocycles. The second-order valence-electron chi connectivity index (χ2n) is 4.69. The van der Waals surface area contributed by atoms with Gasteiger partial charge in [-0.3, -0.25) is 9.69 Å². The van der Waals surface area contributed by atoms with Crippen LogP contribution >= 0.6 is 12.2 Å². The molecule has 3 rings (SSSR count). The number of nitrogens with zero attached hydrogens (tertiary/aromatic N) is 2. The summed E-state index contributed by atoms with van der Waals surface area (Å²) in [6.45, 7) is 3.47. The van der Waals surface area contributed by atoms with E-state index in [1.54, 1.807) is 11.9 Å². The lowest BCUT2D eigenvalue weighted by atomic mass is 10.1. The van der Waals surface area contributed by atoms with Gasteiger partial charge >= 0.3 is 0 Å². The zero-order valence-electron chi connectivity index (χ0n) is 10.9. The number of para-hydroxylation sites is 1. The summed E-state index contributed by atoms with van der Waals surface area (Å²) < 4.78 is 0. The number of amides is 1. The Morgan fingerprint density at radius 2 is 2.11 bits per heavy atom. The molecule has 1 amide bonds. The van der Waals surface area contributed by atoms with Crippen LogP contribution in [0.25, 0.3) is 10.9 Å². The molecule has 0 saturated heterocycles. The Bertz CT molecular complexity index is 676. The molecule has 1 aliphatic rings. The summed E-state index contributed by atoms with van der Waals surface area (Å²) in [4.78, 5) is 19.5. The summed E-state index contributed by atoms with van der Waals surface area (Å²) in [5.74, 6) is -0.0339. The smallest absolute Gasteiger partial charge is 0.262 e. The van der Waals surface area contributed by atoms with Crippen LogP contribution in [0.15, 0.2) is 24.3 Å². The maximum absolute atomic E-state index is 12.6. The van der Waals surface area contributed by atoms with Gasteiger partial charge in [0.25, 0.3) is 5.91 Å². The largest absolute Gasteiger partial charge is 0.356 e. The minimum absolute atomic E-state index is 0.0339. The van der Waals surface area contributed by atoms with Crippen molar-refractivity contribution in [2.24, 2.45) is 0 Å². The lowest BCUT2D eigenvalue weighted by Crippen LogP contribution is -2.40. The van der Waals surface area contributed by atoms with Gasteiger partial charge in [-0.15, -0.1) is 0 Å². The van der Waals surface area contributed by atoms with Gasteiger partial charge in [0.2, 0.25) is 0 Å². The summed E-state index contributed by atoms with van der Waals surface area (Å²) >= 11 is 5.37. The first-order chi connectivity index (χ1) is 9.13. The maximum Gasteiger partial charge on any atom is 0.262 e. The molecule has 5 heteroatoms. The number of aromatic nitrogens is 1. The Balaban J connectivity index is 2.24. The molecule has 0 atom stereocenters. The number of benzene rings is 1. The first-order valence-electron chi connectivity index (χ1n) is 6.30. The summed E-state index contributed by atoms with van der Waals surface area (Å²) in [7, 11) is 1.74. The van der Waals surface area contributed by atoms with Crippen molar-refractivity contribution < 1.29 is 4.79 Å². The Morgan fingerprint density at radius 1 is 1.37 bits per heavy atom. The highest BCUT2D eigenvalue weighted by Gasteiger charge is 2.30. The van der Waals surface area contributed by atoms with E-state index in [2.05, 4.69) is 4.98 Å². The number of aromatic amines is 1. The molecule has 0 aliphatic carbocycles. The van der Waals surface area contributed by atoms with E-state index in [0.29, 0.717) is 11.7 Å². The zero-order chi connectivity index (χ0) is 13.6. The molecule has 0 radical (unpaired) electrons. The Labute approximate surface area is 117 Å². The number of hydrogen-bond acceptors (Lipinski definition) is 2. The molecule has 0 unspecified atom stereocenters. The van der Waals surface area contributed by atoms with Gasteiger partial charge in [0.05, 0.1) is 12.1 Å². The van der Waals surface area contributed by atoms with Gasteiger partial charge in [-0.2, -0.15) is 0 Å². The highest BCUT2D eigenvalue weighted by atomic mass is 32.1. The number of rotatable bonds is 1. The number of thiocarbonyl (C=S) groups is 1. The lowest BCUT2D eigenvalue weighted by Gasteiger charge is -2.25. The third-order valence-electron chi connectivity index (χ3n) is 3.59. The Morgan fingerprint density at radius 3 is 2.84 bits per heavy atom. The molecule has 2 aromatic rings.